The van der Waals surface area contributed by atoms with Gasteiger partial charge in [0.1, 0.15) is 5.82 Å². The third kappa shape index (κ3) is 6.35. The van der Waals surface area contributed by atoms with Crippen LogP contribution in [0, 0.1) is 0 Å². The molecule has 0 saturated carbocycles. The highest BCUT2D eigenvalue weighted by Crippen LogP contribution is 2.28. The van der Waals surface area contributed by atoms with Gasteiger partial charge >= 0.3 is 0 Å². The summed E-state index contributed by atoms with van der Waals surface area (Å²) in [7, 11) is -3.85. The van der Waals surface area contributed by atoms with Gasteiger partial charge < -0.3 is 5.32 Å². The minimum absolute atomic E-state index is 0.0917. The van der Waals surface area contributed by atoms with Crippen molar-refractivity contribution in [3.63, 3.8) is 0 Å². The summed E-state index contributed by atoms with van der Waals surface area (Å²) in [5.41, 5.74) is 2.20. The first-order valence-corrected chi connectivity index (χ1v) is 13.7. The van der Waals surface area contributed by atoms with E-state index < -0.39 is 15.9 Å². The highest BCUT2D eigenvalue weighted by atomic mass is 35.5. The van der Waals surface area contributed by atoms with Crippen LogP contribution in [-0.2, 0) is 25.6 Å². The van der Waals surface area contributed by atoms with Gasteiger partial charge in [0.15, 0.2) is 0 Å². The molecule has 0 spiro atoms. The fraction of sp³-hybridized carbons (Fsp3) is 0.407. The molecule has 0 atom stereocenters. The van der Waals surface area contributed by atoms with Crippen LogP contribution in [0.2, 0.25) is 5.02 Å². The lowest BCUT2D eigenvalue weighted by Gasteiger charge is -2.22. The van der Waals surface area contributed by atoms with Crippen LogP contribution in [0.3, 0.4) is 0 Å². The molecule has 0 bridgehead atoms. The Hall–Kier alpha value is -2.68. The van der Waals surface area contributed by atoms with Crippen molar-refractivity contribution in [2.45, 2.75) is 64.2 Å². The Labute approximate surface area is 219 Å². The minimum Gasteiger partial charge on any atom is -0.309 e. The molecule has 0 aliphatic carbocycles. The fourth-order valence-corrected chi connectivity index (χ4v) is 5.13. The van der Waals surface area contributed by atoms with E-state index in [0.717, 1.165) is 16.9 Å². The molecule has 194 valence electrons. The number of likely N-dealkylation sites (N-methyl/N-ethyl adjacent to an activating group) is 1. The molecule has 3 rings (SSSR count). The summed E-state index contributed by atoms with van der Waals surface area (Å²) >= 11 is 6.04. The SMILES string of the molecule is CCN(CC(=O)Nc1cc(C(C)(C)C)nn1-c1ccc(Cl)cc1)S(=O)(=O)c1ccc(C(C)(C)C)cc1. The molecule has 3 aromatic rings. The minimum atomic E-state index is -3.85. The van der Waals surface area contributed by atoms with E-state index in [1.54, 1.807) is 35.9 Å². The Morgan fingerprint density at radius 2 is 1.56 bits per heavy atom. The lowest BCUT2D eigenvalue weighted by Crippen LogP contribution is -2.38. The van der Waals surface area contributed by atoms with E-state index in [4.69, 9.17) is 11.6 Å². The number of rotatable bonds is 7. The number of hydrogen-bond acceptors (Lipinski definition) is 4. The quantitative estimate of drug-likeness (QED) is 0.420. The van der Waals surface area contributed by atoms with Gasteiger partial charge in [0.05, 0.1) is 22.8 Å². The summed E-state index contributed by atoms with van der Waals surface area (Å²) in [6.45, 7) is 13.8. The second-order valence-corrected chi connectivity index (χ2v) is 13.2. The predicted molar refractivity (Wildman–Crippen MR) is 145 cm³/mol. The number of nitrogens with one attached hydrogen (secondary N) is 1. The third-order valence-corrected chi connectivity index (χ3v) is 8.03. The van der Waals surface area contributed by atoms with Gasteiger partial charge in [0, 0.05) is 23.0 Å². The number of aromatic nitrogens is 2. The second kappa shape index (κ2) is 10.4. The van der Waals surface area contributed by atoms with Crippen LogP contribution in [0.4, 0.5) is 5.82 Å². The Kier molecular flexibility index (Phi) is 8.03. The van der Waals surface area contributed by atoms with Crippen molar-refractivity contribution in [3.05, 3.63) is 70.9 Å². The molecule has 0 saturated heterocycles. The van der Waals surface area contributed by atoms with Gasteiger partial charge in [-0.25, -0.2) is 13.1 Å². The normalized spacial score (nSPS) is 12.7. The summed E-state index contributed by atoms with van der Waals surface area (Å²) in [6, 6.07) is 15.8. The van der Waals surface area contributed by atoms with Gasteiger partial charge in [-0.05, 0) is 47.4 Å². The lowest BCUT2D eigenvalue weighted by molar-refractivity contribution is -0.116. The van der Waals surface area contributed by atoms with Gasteiger partial charge in [-0.3, -0.25) is 4.79 Å². The molecule has 9 heteroatoms. The molecule has 1 amide bonds. The van der Waals surface area contributed by atoms with Gasteiger partial charge in [-0.15, -0.1) is 0 Å². The maximum Gasteiger partial charge on any atom is 0.243 e. The Morgan fingerprint density at radius 1 is 0.972 bits per heavy atom. The fourth-order valence-electron chi connectivity index (χ4n) is 3.60. The van der Waals surface area contributed by atoms with Crippen LogP contribution >= 0.6 is 11.6 Å². The molecule has 1 aromatic heterocycles. The smallest absolute Gasteiger partial charge is 0.243 e. The molecule has 0 aliphatic rings. The number of halogens is 1. The zero-order chi connectivity index (χ0) is 26.9. The zero-order valence-electron chi connectivity index (χ0n) is 22.0. The molecule has 1 heterocycles. The molecule has 0 fully saturated rings. The molecule has 0 radical (unpaired) electrons. The first-order chi connectivity index (χ1) is 16.6. The van der Waals surface area contributed by atoms with Crippen molar-refractivity contribution in [3.8, 4) is 5.69 Å². The first kappa shape index (κ1) is 27.9. The number of carbonyl (C=O) groups excluding carboxylic acids is 1. The standard InChI is InChI=1S/C27H35ClN4O3S/c1-8-31(36(34,35)22-15-9-19(10-16-22)26(2,3)4)18-25(33)29-24-17-23(27(5,6)7)30-32(24)21-13-11-20(28)12-14-21/h9-17H,8,18H2,1-7H3,(H,29,33). The van der Waals surface area contributed by atoms with Crippen molar-refractivity contribution in [2.75, 3.05) is 18.4 Å². The van der Waals surface area contributed by atoms with Crippen LogP contribution in [0.15, 0.2) is 59.5 Å². The van der Waals surface area contributed by atoms with E-state index in [-0.39, 0.29) is 28.8 Å². The van der Waals surface area contributed by atoms with Crippen molar-refractivity contribution < 1.29 is 13.2 Å². The highest BCUT2D eigenvalue weighted by molar-refractivity contribution is 7.89. The Balaban J connectivity index is 1.86. The van der Waals surface area contributed by atoms with E-state index in [1.807, 2.05) is 51.1 Å². The van der Waals surface area contributed by atoms with E-state index >= 15 is 0 Å². The van der Waals surface area contributed by atoms with Gasteiger partial charge in [-0.2, -0.15) is 9.40 Å². The number of nitrogens with zero attached hydrogens (tertiary/aromatic N) is 3. The summed E-state index contributed by atoms with van der Waals surface area (Å²) in [4.78, 5) is 13.2. The molecule has 1 N–H and O–H groups in total. The number of carbonyl (C=O) groups is 1. The lowest BCUT2D eigenvalue weighted by atomic mass is 9.87. The van der Waals surface area contributed by atoms with E-state index in [1.165, 1.54) is 4.31 Å². The number of amides is 1. The van der Waals surface area contributed by atoms with Gasteiger partial charge in [0.2, 0.25) is 15.9 Å². The average molecular weight is 531 g/mol. The third-order valence-electron chi connectivity index (χ3n) is 5.85. The molecule has 7 nitrogen and oxygen atoms in total. The Bertz CT molecular complexity index is 1320. The maximum absolute atomic E-state index is 13.3. The van der Waals surface area contributed by atoms with E-state index in [2.05, 4.69) is 31.2 Å². The summed E-state index contributed by atoms with van der Waals surface area (Å²) in [5.74, 6) is -0.00228. The van der Waals surface area contributed by atoms with Crippen molar-refractivity contribution in [1.29, 1.82) is 0 Å². The van der Waals surface area contributed by atoms with Gasteiger partial charge in [-0.1, -0.05) is 72.2 Å². The maximum atomic E-state index is 13.3. The molecular formula is C27H35ClN4O3S. The second-order valence-electron chi connectivity index (χ2n) is 10.8. The summed E-state index contributed by atoms with van der Waals surface area (Å²) in [5, 5.41) is 8.13. The van der Waals surface area contributed by atoms with Crippen molar-refractivity contribution >= 4 is 33.3 Å². The Morgan fingerprint density at radius 3 is 2.06 bits per heavy atom. The average Bonchev–Trinajstić information content (AvgIpc) is 3.21. The molecule has 0 aliphatic heterocycles. The number of benzene rings is 2. The highest BCUT2D eigenvalue weighted by Gasteiger charge is 2.27. The van der Waals surface area contributed by atoms with Crippen LogP contribution in [0.5, 0.6) is 0 Å². The zero-order valence-corrected chi connectivity index (χ0v) is 23.5. The van der Waals surface area contributed by atoms with Crippen molar-refractivity contribution in [2.24, 2.45) is 0 Å². The van der Waals surface area contributed by atoms with Crippen molar-refractivity contribution in [1.82, 2.24) is 14.1 Å². The van der Waals surface area contributed by atoms with Crippen LogP contribution in [-0.4, -0.2) is 41.5 Å². The molecule has 2 aromatic carbocycles. The van der Waals surface area contributed by atoms with E-state index in [0.29, 0.717) is 10.8 Å². The first-order valence-electron chi connectivity index (χ1n) is 11.9. The molecule has 36 heavy (non-hydrogen) atoms. The van der Waals surface area contributed by atoms with Crippen LogP contribution in [0.25, 0.3) is 5.69 Å². The number of sulfonamides is 1. The topological polar surface area (TPSA) is 84.3 Å². The van der Waals surface area contributed by atoms with Crippen LogP contribution in [0.1, 0.15) is 59.7 Å². The predicted octanol–water partition coefficient (Wildman–Crippen LogP) is 5.77. The number of anilines is 1. The summed E-state index contributed by atoms with van der Waals surface area (Å²) in [6.07, 6.45) is 0. The molecule has 0 unspecified atom stereocenters. The largest absolute Gasteiger partial charge is 0.309 e. The number of hydrogen-bond donors (Lipinski definition) is 1. The summed E-state index contributed by atoms with van der Waals surface area (Å²) < 4.78 is 29.4. The van der Waals surface area contributed by atoms with Gasteiger partial charge in [0.25, 0.3) is 0 Å². The van der Waals surface area contributed by atoms with E-state index in [9.17, 15) is 13.2 Å². The molecular weight excluding hydrogens is 496 g/mol. The van der Waals surface area contributed by atoms with Crippen LogP contribution < -0.4 is 5.32 Å². The monoisotopic (exact) mass is 530 g/mol.